The van der Waals surface area contributed by atoms with Crippen LogP contribution in [-0.4, -0.2) is 32.8 Å². The molecule has 0 spiro atoms. The van der Waals surface area contributed by atoms with Crippen LogP contribution in [-0.2, 0) is 29.6 Å². The Morgan fingerprint density at radius 2 is 2.10 bits per heavy atom. The van der Waals surface area contributed by atoms with E-state index in [0.29, 0.717) is 6.08 Å². The zero-order valence-electron chi connectivity index (χ0n) is 11.2. The molecule has 1 heterocycles. The number of imide groups is 1. The SMILES string of the molecule is CCc1nn(C)cc1CNC(=O)NC(=O)/C=C/C(=O)O. The van der Waals surface area contributed by atoms with E-state index in [1.807, 2.05) is 12.2 Å². The van der Waals surface area contributed by atoms with Gasteiger partial charge in [0.25, 0.3) is 5.91 Å². The van der Waals surface area contributed by atoms with Crippen molar-refractivity contribution in [2.24, 2.45) is 7.05 Å². The molecule has 1 aromatic heterocycles. The molecule has 0 fully saturated rings. The number of rotatable bonds is 5. The van der Waals surface area contributed by atoms with Gasteiger partial charge in [-0.05, 0) is 6.42 Å². The molecule has 0 aliphatic carbocycles. The van der Waals surface area contributed by atoms with Gasteiger partial charge >= 0.3 is 12.0 Å². The third-order valence-electron chi connectivity index (χ3n) is 2.38. The Hall–Kier alpha value is -2.64. The summed E-state index contributed by atoms with van der Waals surface area (Å²) in [6.45, 7) is 2.19. The Morgan fingerprint density at radius 3 is 2.70 bits per heavy atom. The summed E-state index contributed by atoms with van der Waals surface area (Å²) in [5, 5.41) is 17.0. The van der Waals surface area contributed by atoms with Gasteiger partial charge in [-0.2, -0.15) is 5.10 Å². The van der Waals surface area contributed by atoms with Crippen LogP contribution in [0.5, 0.6) is 0 Å². The number of carboxylic acids is 1. The minimum Gasteiger partial charge on any atom is -0.478 e. The summed E-state index contributed by atoms with van der Waals surface area (Å²) >= 11 is 0. The highest BCUT2D eigenvalue weighted by Gasteiger charge is 2.09. The highest BCUT2D eigenvalue weighted by molar-refractivity contribution is 6.02. The number of nitrogens with zero attached hydrogens (tertiary/aromatic N) is 2. The van der Waals surface area contributed by atoms with E-state index in [9.17, 15) is 14.4 Å². The summed E-state index contributed by atoms with van der Waals surface area (Å²) in [5.74, 6) is -2.06. The third kappa shape index (κ3) is 4.92. The van der Waals surface area contributed by atoms with Crippen molar-refractivity contribution in [3.8, 4) is 0 Å². The van der Waals surface area contributed by atoms with Crippen molar-refractivity contribution in [1.82, 2.24) is 20.4 Å². The molecule has 20 heavy (non-hydrogen) atoms. The molecule has 0 radical (unpaired) electrons. The molecule has 108 valence electrons. The lowest BCUT2D eigenvalue weighted by molar-refractivity contribution is -0.131. The molecule has 8 heteroatoms. The Balaban J connectivity index is 2.47. The number of carboxylic acid groups (broad SMARTS) is 1. The van der Waals surface area contributed by atoms with E-state index in [1.54, 1.807) is 17.9 Å². The van der Waals surface area contributed by atoms with E-state index >= 15 is 0 Å². The average molecular weight is 280 g/mol. The molecule has 0 aliphatic heterocycles. The summed E-state index contributed by atoms with van der Waals surface area (Å²) in [7, 11) is 1.78. The number of nitrogens with one attached hydrogen (secondary N) is 2. The number of carbonyl (C=O) groups is 3. The van der Waals surface area contributed by atoms with Crippen LogP contribution in [0.25, 0.3) is 0 Å². The summed E-state index contributed by atoms with van der Waals surface area (Å²) in [4.78, 5) is 32.8. The molecule has 8 nitrogen and oxygen atoms in total. The Morgan fingerprint density at radius 1 is 1.40 bits per heavy atom. The fourth-order valence-electron chi connectivity index (χ4n) is 1.55. The van der Waals surface area contributed by atoms with Gasteiger partial charge in [-0.15, -0.1) is 0 Å². The molecule has 0 bridgehead atoms. The molecule has 3 N–H and O–H groups in total. The average Bonchev–Trinajstić information content (AvgIpc) is 2.74. The standard InChI is InChI=1S/C12H16N4O4/c1-3-9-8(7-16(2)15-9)6-13-12(20)14-10(17)4-5-11(18)19/h4-5,7H,3,6H2,1-2H3,(H,18,19)(H2,13,14,17,20)/b5-4+. The molecule has 0 unspecified atom stereocenters. The molecule has 0 saturated carbocycles. The molecule has 0 atom stereocenters. The number of amides is 3. The van der Waals surface area contributed by atoms with Gasteiger partial charge in [-0.1, -0.05) is 6.92 Å². The first kappa shape index (κ1) is 15.4. The van der Waals surface area contributed by atoms with Gasteiger partial charge < -0.3 is 10.4 Å². The van der Waals surface area contributed by atoms with Gasteiger partial charge in [0.1, 0.15) is 0 Å². The van der Waals surface area contributed by atoms with Crippen molar-refractivity contribution >= 4 is 17.9 Å². The maximum Gasteiger partial charge on any atom is 0.328 e. The summed E-state index contributed by atoms with van der Waals surface area (Å²) in [5.41, 5.74) is 1.73. The van der Waals surface area contributed by atoms with Crippen molar-refractivity contribution < 1.29 is 19.5 Å². The minimum atomic E-state index is -1.26. The first-order chi connectivity index (χ1) is 9.42. The van der Waals surface area contributed by atoms with Crippen molar-refractivity contribution in [2.75, 3.05) is 0 Å². The highest BCUT2D eigenvalue weighted by Crippen LogP contribution is 2.06. The number of aliphatic carboxylic acids is 1. The van der Waals surface area contributed by atoms with E-state index in [4.69, 9.17) is 5.11 Å². The van der Waals surface area contributed by atoms with Crippen LogP contribution in [0.4, 0.5) is 4.79 Å². The number of urea groups is 1. The topological polar surface area (TPSA) is 113 Å². The second-order valence-corrected chi connectivity index (χ2v) is 3.97. The van der Waals surface area contributed by atoms with E-state index in [0.717, 1.165) is 23.8 Å². The van der Waals surface area contributed by atoms with Crippen LogP contribution in [0.15, 0.2) is 18.3 Å². The first-order valence-electron chi connectivity index (χ1n) is 5.93. The monoisotopic (exact) mass is 280 g/mol. The highest BCUT2D eigenvalue weighted by atomic mass is 16.4. The number of aryl methyl sites for hydroxylation is 2. The zero-order chi connectivity index (χ0) is 15.1. The zero-order valence-corrected chi connectivity index (χ0v) is 11.2. The number of hydrogen-bond acceptors (Lipinski definition) is 4. The van der Waals surface area contributed by atoms with E-state index in [2.05, 4.69) is 10.4 Å². The Kier molecular flexibility index (Phi) is 5.45. The summed E-state index contributed by atoms with van der Waals surface area (Å²) < 4.78 is 1.65. The lowest BCUT2D eigenvalue weighted by atomic mass is 10.2. The molecule has 1 aromatic rings. The maximum atomic E-state index is 11.4. The molecule has 0 aliphatic rings. The van der Waals surface area contributed by atoms with Crippen LogP contribution in [0.2, 0.25) is 0 Å². The minimum absolute atomic E-state index is 0.235. The molecular formula is C12H16N4O4. The van der Waals surface area contributed by atoms with Gasteiger partial charge in [0.15, 0.2) is 0 Å². The molecular weight excluding hydrogens is 264 g/mol. The molecule has 0 saturated heterocycles. The second-order valence-electron chi connectivity index (χ2n) is 3.97. The van der Waals surface area contributed by atoms with Crippen LogP contribution < -0.4 is 10.6 Å². The predicted octanol–water partition coefficient (Wildman–Crippen LogP) is -0.0509. The van der Waals surface area contributed by atoms with Crippen LogP contribution in [0, 0.1) is 0 Å². The van der Waals surface area contributed by atoms with Crippen molar-refractivity contribution in [2.45, 2.75) is 19.9 Å². The number of carbonyl (C=O) groups excluding carboxylic acids is 2. The first-order valence-corrected chi connectivity index (χ1v) is 5.93. The van der Waals surface area contributed by atoms with Crippen LogP contribution >= 0.6 is 0 Å². The Bertz CT molecular complexity index is 548. The fraction of sp³-hybridized carbons (Fsp3) is 0.333. The third-order valence-corrected chi connectivity index (χ3v) is 2.38. The summed E-state index contributed by atoms with van der Waals surface area (Å²) in [6.07, 6.45) is 3.94. The normalized spacial score (nSPS) is 10.5. The van der Waals surface area contributed by atoms with Gasteiger partial charge in [0.2, 0.25) is 0 Å². The van der Waals surface area contributed by atoms with Gasteiger partial charge in [0, 0.05) is 37.5 Å². The van der Waals surface area contributed by atoms with Gasteiger partial charge in [0.05, 0.1) is 5.69 Å². The van der Waals surface area contributed by atoms with Crippen LogP contribution in [0.3, 0.4) is 0 Å². The largest absolute Gasteiger partial charge is 0.478 e. The lowest BCUT2D eigenvalue weighted by Crippen LogP contribution is -2.38. The molecule has 0 aromatic carbocycles. The Labute approximate surface area is 115 Å². The molecule has 3 amide bonds. The fourth-order valence-corrected chi connectivity index (χ4v) is 1.55. The smallest absolute Gasteiger partial charge is 0.328 e. The number of hydrogen-bond donors (Lipinski definition) is 3. The van der Waals surface area contributed by atoms with Crippen molar-refractivity contribution in [3.63, 3.8) is 0 Å². The van der Waals surface area contributed by atoms with E-state index in [1.165, 1.54) is 0 Å². The van der Waals surface area contributed by atoms with Crippen molar-refractivity contribution in [3.05, 3.63) is 29.6 Å². The van der Waals surface area contributed by atoms with E-state index < -0.39 is 17.9 Å². The second kappa shape index (κ2) is 7.07. The lowest BCUT2D eigenvalue weighted by Gasteiger charge is -2.04. The maximum absolute atomic E-state index is 11.4. The summed E-state index contributed by atoms with van der Waals surface area (Å²) in [6, 6.07) is -0.698. The predicted molar refractivity (Wildman–Crippen MR) is 69.7 cm³/mol. The molecule has 1 rings (SSSR count). The van der Waals surface area contributed by atoms with Crippen molar-refractivity contribution in [1.29, 1.82) is 0 Å². The van der Waals surface area contributed by atoms with Gasteiger partial charge in [-0.3, -0.25) is 14.8 Å². The van der Waals surface area contributed by atoms with Crippen LogP contribution in [0.1, 0.15) is 18.2 Å². The van der Waals surface area contributed by atoms with Gasteiger partial charge in [-0.25, -0.2) is 9.59 Å². The number of aromatic nitrogens is 2. The van der Waals surface area contributed by atoms with E-state index in [-0.39, 0.29) is 6.54 Å². The quantitative estimate of drug-likeness (QED) is 0.654.